The number of carbonyl (C=O) groups is 4. The van der Waals surface area contributed by atoms with E-state index < -0.39 is 54.6 Å². The van der Waals surface area contributed by atoms with Crippen LogP contribution in [0.25, 0.3) is 43.6 Å². The van der Waals surface area contributed by atoms with E-state index >= 15 is 0 Å². The molecule has 63 heavy (non-hydrogen) atoms. The molecule has 1 fully saturated rings. The average molecular weight is 849 g/mol. The molecule has 4 aromatic heterocycles. The number of nitrogens with one attached hydrogen (secondary N) is 4. The third kappa shape index (κ3) is 9.24. The van der Waals surface area contributed by atoms with Crippen LogP contribution >= 0.6 is 0 Å². The first-order valence-corrected chi connectivity index (χ1v) is 21.4. The van der Waals surface area contributed by atoms with E-state index in [1.54, 1.807) is 6.92 Å². The van der Waals surface area contributed by atoms with Crippen LogP contribution in [0.4, 0.5) is 0 Å². The lowest BCUT2D eigenvalue weighted by Crippen LogP contribution is -2.61. The molecule has 0 amide bonds. The number of aryl methyl sites for hydroxylation is 4. The number of rotatable bonds is 16. The molecule has 1 aliphatic heterocycles. The van der Waals surface area contributed by atoms with Crippen molar-refractivity contribution in [3.63, 3.8) is 0 Å². The van der Waals surface area contributed by atoms with Gasteiger partial charge in [0.25, 0.3) is 0 Å². The summed E-state index contributed by atoms with van der Waals surface area (Å²) in [6.07, 6.45) is 2.26. The molecule has 0 aliphatic carbocycles. The minimum atomic E-state index is -1.49. The molecule has 322 valence electrons. The van der Waals surface area contributed by atoms with Crippen molar-refractivity contribution in [2.24, 2.45) is 0 Å². The Morgan fingerprint density at radius 2 is 0.730 bits per heavy atom. The highest BCUT2D eigenvalue weighted by molar-refractivity contribution is 5.86. The molecule has 4 N–H and O–H groups in total. The first-order valence-electron chi connectivity index (χ1n) is 21.4. The number of fused-ring (bicyclic) bond motifs is 4. The van der Waals surface area contributed by atoms with Gasteiger partial charge in [0.15, 0.2) is 12.2 Å². The number of benzene rings is 4. The summed E-state index contributed by atoms with van der Waals surface area (Å²) in [5.74, 6) is -2.45. The first-order chi connectivity index (χ1) is 30.8. The zero-order chi connectivity index (χ0) is 43.3. The van der Waals surface area contributed by atoms with E-state index in [4.69, 9.17) is 23.7 Å². The summed E-state index contributed by atoms with van der Waals surface area (Å²) in [4.78, 5) is 68.1. The Balaban J connectivity index is 0.964. The second-order valence-corrected chi connectivity index (χ2v) is 16.0. The topological polar surface area (TPSA) is 178 Å². The quantitative estimate of drug-likeness (QED) is 0.0549. The summed E-state index contributed by atoms with van der Waals surface area (Å²) in [6.45, 7) is 1.65. The number of aromatic amines is 4. The number of carbonyl (C=O) groups excluding carboxylic acids is 4. The van der Waals surface area contributed by atoms with E-state index in [2.05, 4.69) is 19.9 Å². The number of aromatic nitrogens is 4. The Morgan fingerprint density at radius 3 is 1.10 bits per heavy atom. The normalized spacial score (nSPS) is 18.8. The van der Waals surface area contributed by atoms with Crippen LogP contribution in [-0.2, 0) is 68.5 Å². The zero-order valence-corrected chi connectivity index (χ0v) is 34.8. The molecule has 0 spiro atoms. The fourth-order valence-corrected chi connectivity index (χ4v) is 8.61. The number of hydrogen-bond acceptors (Lipinski definition) is 9. The summed E-state index contributed by atoms with van der Waals surface area (Å²) in [7, 11) is 0. The monoisotopic (exact) mass is 848 g/mol. The van der Waals surface area contributed by atoms with Crippen molar-refractivity contribution in [2.75, 3.05) is 0 Å². The lowest BCUT2D eigenvalue weighted by molar-refractivity contribution is -0.294. The predicted molar refractivity (Wildman–Crippen MR) is 237 cm³/mol. The molecule has 1 aliphatic rings. The van der Waals surface area contributed by atoms with Crippen molar-refractivity contribution >= 4 is 67.5 Å². The number of H-pyrrole nitrogens is 4. The molecule has 5 atom stereocenters. The zero-order valence-electron chi connectivity index (χ0n) is 34.8. The van der Waals surface area contributed by atoms with E-state index in [1.165, 1.54) is 0 Å². The van der Waals surface area contributed by atoms with Gasteiger partial charge in [0.05, 0.1) is 6.10 Å². The van der Waals surface area contributed by atoms with Gasteiger partial charge in [-0.25, -0.2) is 0 Å². The van der Waals surface area contributed by atoms with E-state index in [0.29, 0.717) is 25.7 Å². The van der Waals surface area contributed by atoms with Crippen LogP contribution in [0.5, 0.6) is 0 Å². The third-order valence-corrected chi connectivity index (χ3v) is 11.9. The standard InChI is InChI=1S/C50H48N4O9/c1-30-47(60-43(55)22-18-31-26-51-39-14-6-2-10-35(31)39)48(61-44(56)23-19-32-27-52-40-15-7-3-11-36(32)40)49(62-45(57)24-20-33-28-53-41-16-8-4-12-37(33)41)50(59-30)63-46(58)25-21-34-29-54-42-17-9-5-13-38(34)42/h2-17,26-30,47-54H,18-25H2,1H3/t30-,47+,48+,49-,50-/m0/s1. The lowest BCUT2D eigenvalue weighted by atomic mass is 9.98. The van der Waals surface area contributed by atoms with Crippen LogP contribution < -0.4 is 0 Å². The Bertz CT molecular complexity index is 2900. The van der Waals surface area contributed by atoms with Gasteiger partial charge in [-0.3, -0.25) is 19.2 Å². The summed E-state index contributed by atoms with van der Waals surface area (Å²) < 4.78 is 30.7. The number of esters is 4. The van der Waals surface area contributed by atoms with Crippen LogP contribution in [0.1, 0.15) is 54.9 Å². The van der Waals surface area contributed by atoms with Gasteiger partial charge in [0.1, 0.15) is 0 Å². The van der Waals surface area contributed by atoms with Crippen molar-refractivity contribution in [2.45, 2.75) is 89.0 Å². The number of ether oxygens (including phenoxy) is 5. The molecular formula is C50H48N4O9. The Morgan fingerprint density at radius 1 is 0.429 bits per heavy atom. The lowest BCUT2D eigenvalue weighted by Gasteiger charge is -2.43. The molecule has 0 radical (unpaired) electrons. The Hall–Kier alpha value is -7.12. The van der Waals surface area contributed by atoms with Gasteiger partial charge in [0, 0.05) is 94.1 Å². The highest BCUT2D eigenvalue weighted by Gasteiger charge is 2.52. The average Bonchev–Trinajstić information content (AvgIpc) is 4.11. The third-order valence-electron chi connectivity index (χ3n) is 11.9. The summed E-state index contributed by atoms with van der Waals surface area (Å²) in [5, 5.41) is 3.94. The van der Waals surface area contributed by atoms with Gasteiger partial charge in [-0.1, -0.05) is 72.8 Å². The van der Waals surface area contributed by atoms with Gasteiger partial charge < -0.3 is 43.6 Å². The van der Waals surface area contributed by atoms with Gasteiger partial charge in [0.2, 0.25) is 12.4 Å². The second kappa shape index (κ2) is 18.5. The summed E-state index contributed by atoms with van der Waals surface area (Å²) >= 11 is 0. The molecule has 1 saturated heterocycles. The van der Waals surface area contributed by atoms with Gasteiger partial charge >= 0.3 is 23.9 Å². The number of hydrogen-bond donors (Lipinski definition) is 4. The van der Waals surface area contributed by atoms with Crippen LogP contribution in [0.2, 0.25) is 0 Å². The molecule has 0 saturated carbocycles. The molecule has 13 heteroatoms. The minimum Gasteiger partial charge on any atom is -0.455 e. The number of para-hydroxylation sites is 4. The molecule has 13 nitrogen and oxygen atoms in total. The first kappa shape index (κ1) is 41.2. The minimum absolute atomic E-state index is 0.00756. The molecule has 5 heterocycles. The van der Waals surface area contributed by atoms with Crippen molar-refractivity contribution < 1.29 is 42.9 Å². The molecule has 0 unspecified atom stereocenters. The van der Waals surface area contributed by atoms with Crippen molar-refractivity contribution in [3.8, 4) is 0 Å². The molecule has 9 rings (SSSR count). The SMILES string of the molecule is C[C@@H]1O[C@@H](OC(=O)CCc2c[nH]c3ccccc23)[C@@H](OC(=O)CCc2c[nH]c3ccccc23)[C@H](OC(=O)CCc2c[nH]c3ccccc23)[C@@H]1OC(=O)CCc1c[nH]c2ccccc12. The van der Waals surface area contributed by atoms with Crippen LogP contribution in [0, 0.1) is 0 Å². The predicted octanol–water partition coefficient (Wildman–Crippen LogP) is 8.47. The van der Waals surface area contributed by atoms with E-state index in [-0.39, 0.29) is 25.7 Å². The fourth-order valence-electron chi connectivity index (χ4n) is 8.61. The van der Waals surface area contributed by atoms with E-state index in [9.17, 15) is 19.2 Å². The smallest absolute Gasteiger partial charge is 0.308 e. The maximum atomic E-state index is 13.9. The Labute approximate surface area is 362 Å². The van der Waals surface area contributed by atoms with Crippen LogP contribution in [0.15, 0.2) is 122 Å². The molecule has 4 aromatic carbocycles. The maximum Gasteiger partial charge on any atom is 0.308 e. The Kier molecular flexibility index (Phi) is 12.1. The van der Waals surface area contributed by atoms with Gasteiger partial charge in [-0.15, -0.1) is 0 Å². The van der Waals surface area contributed by atoms with E-state index in [0.717, 1.165) is 65.9 Å². The van der Waals surface area contributed by atoms with Crippen molar-refractivity contribution in [1.82, 2.24) is 19.9 Å². The van der Waals surface area contributed by atoms with Gasteiger partial charge in [-0.05, 0) is 79.1 Å². The molecule has 8 aromatic rings. The summed E-state index contributed by atoms with van der Waals surface area (Å²) in [6, 6.07) is 31.2. The van der Waals surface area contributed by atoms with Crippen LogP contribution in [-0.4, -0.2) is 74.5 Å². The second-order valence-electron chi connectivity index (χ2n) is 16.0. The largest absolute Gasteiger partial charge is 0.455 e. The highest BCUT2D eigenvalue weighted by atomic mass is 16.7. The van der Waals surface area contributed by atoms with Crippen LogP contribution in [0.3, 0.4) is 0 Å². The van der Waals surface area contributed by atoms with Crippen molar-refractivity contribution in [1.29, 1.82) is 0 Å². The van der Waals surface area contributed by atoms with Gasteiger partial charge in [-0.2, -0.15) is 0 Å². The fraction of sp³-hybridized carbons (Fsp3) is 0.280. The highest BCUT2D eigenvalue weighted by Crippen LogP contribution is 2.32. The summed E-state index contributed by atoms with van der Waals surface area (Å²) in [5.41, 5.74) is 7.48. The molecule has 0 bridgehead atoms. The van der Waals surface area contributed by atoms with E-state index in [1.807, 2.05) is 122 Å². The molecular weight excluding hydrogens is 801 g/mol. The van der Waals surface area contributed by atoms with Crippen molar-refractivity contribution in [3.05, 3.63) is 144 Å². The maximum absolute atomic E-state index is 13.9.